The number of hydrogen-bond donors (Lipinski definition) is 1. The number of halogens is 1. The minimum absolute atomic E-state index is 0.0174. The Balaban J connectivity index is 2.61. The molecule has 0 aliphatic heterocycles. The van der Waals surface area contributed by atoms with Crippen LogP contribution in [-0.2, 0) is 6.42 Å². The highest BCUT2D eigenvalue weighted by Gasteiger charge is 2.26. The van der Waals surface area contributed by atoms with Crippen molar-refractivity contribution in [2.45, 2.75) is 39.7 Å². The van der Waals surface area contributed by atoms with E-state index in [9.17, 15) is 5.11 Å². The van der Waals surface area contributed by atoms with E-state index in [0.29, 0.717) is 6.42 Å². The average Bonchev–Trinajstić information content (AvgIpc) is 2.51. The van der Waals surface area contributed by atoms with E-state index < -0.39 is 0 Å². The van der Waals surface area contributed by atoms with Crippen LogP contribution in [0.2, 0.25) is 4.34 Å². The van der Waals surface area contributed by atoms with Crippen molar-refractivity contribution in [1.82, 2.24) is 0 Å². The number of aliphatic hydroxyl groups excluding tert-OH is 1. The highest BCUT2D eigenvalue weighted by molar-refractivity contribution is 7.16. The lowest BCUT2D eigenvalue weighted by Gasteiger charge is -2.28. The third-order valence-electron chi connectivity index (χ3n) is 2.84. The van der Waals surface area contributed by atoms with Gasteiger partial charge < -0.3 is 5.11 Å². The van der Waals surface area contributed by atoms with Gasteiger partial charge in [0.1, 0.15) is 0 Å². The molecule has 14 heavy (non-hydrogen) atoms. The van der Waals surface area contributed by atoms with Crippen molar-refractivity contribution in [1.29, 1.82) is 0 Å². The van der Waals surface area contributed by atoms with Crippen LogP contribution < -0.4 is 0 Å². The Morgan fingerprint density at radius 3 is 2.57 bits per heavy atom. The van der Waals surface area contributed by atoms with Gasteiger partial charge in [-0.3, -0.25) is 0 Å². The fourth-order valence-electron chi connectivity index (χ4n) is 1.16. The minimum atomic E-state index is -0.290. The first-order valence-corrected chi connectivity index (χ1v) is 6.07. The zero-order chi connectivity index (χ0) is 10.8. The van der Waals surface area contributed by atoms with Crippen molar-refractivity contribution < 1.29 is 5.11 Å². The van der Waals surface area contributed by atoms with Gasteiger partial charge in [-0.05, 0) is 24.0 Å². The SMILES string of the molecule is CCC(C)(C)C(O)Cc1ccc(Cl)s1. The summed E-state index contributed by atoms with van der Waals surface area (Å²) < 4.78 is 0.793. The van der Waals surface area contributed by atoms with E-state index in [0.717, 1.165) is 15.6 Å². The molecule has 0 amide bonds. The molecule has 0 saturated heterocycles. The molecule has 1 rings (SSSR count). The predicted molar refractivity (Wildman–Crippen MR) is 63.1 cm³/mol. The molecule has 3 heteroatoms. The lowest BCUT2D eigenvalue weighted by Crippen LogP contribution is -2.30. The maximum absolute atomic E-state index is 10.0. The van der Waals surface area contributed by atoms with Crippen molar-refractivity contribution in [2.24, 2.45) is 5.41 Å². The minimum Gasteiger partial charge on any atom is -0.392 e. The molecule has 1 heterocycles. The Kier molecular flexibility index (Phi) is 3.99. The van der Waals surface area contributed by atoms with Crippen LogP contribution in [0.25, 0.3) is 0 Å². The quantitative estimate of drug-likeness (QED) is 0.839. The summed E-state index contributed by atoms with van der Waals surface area (Å²) in [6.07, 6.45) is 1.40. The number of rotatable bonds is 4. The van der Waals surface area contributed by atoms with Gasteiger partial charge in [-0.15, -0.1) is 11.3 Å². The fraction of sp³-hybridized carbons (Fsp3) is 0.636. The topological polar surface area (TPSA) is 20.2 Å². The summed E-state index contributed by atoms with van der Waals surface area (Å²) in [6.45, 7) is 6.28. The van der Waals surface area contributed by atoms with Gasteiger partial charge in [-0.2, -0.15) is 0 Å². The summed E-state index contributed by atoms with van der Waals surface area (Å²) >= 11 is 7.38. The zero-order valence-corrected chi connectivity index (χ0v) is 10.5. The molecule has 1 nitrogen and oxygen atoms in total. The third kappa shape index (κ3) is 2.97. The Labute approximate surface area is 94.7 Å². The first kappa shape index (κ1) is 12.0. The van der Waals surface area contributed by atoms with Gasteiger partial charge in [-0.1, -0.05) is 32.4 Å². The van der Waals surface area contributed by atoms with Crippen LogP contribution in [0.5, 0.6) is 0 Å². The first-order chi connectivity index (χ1) is 6.45. The Morgan fingerprint density at radius 2 is 2.14 bits per heavy atom. The molecule has 0 bridgehead atoms. The van der Waals surface area contributed by atoms with E-state index in [1.54, 1.807) is 11.3 Å². The van der Waals surface area contributed by atoms with Crippen LogP contribution in [0.15, 0.2) is 12.1 Å². The predicted octanol–water partition coefficient (Wildman–Crippen LogP) is 3.74. The van der Waals surface area contributed by atoms with E-state index in [1.807, 2.05) is 12.1 Å². The lowest BCUT2D eigenvalue weighted by atomic mass is 9.82. The van der Waals surface area contributed by atoms with E-state index in [1.165, 1.54) is 0 Å². The summed E-state index contributed by atoms with van der Waals surface area (Å²) in [6, 6.07) is 3.87. The second-order valence-corrected chi connectivity index (χ2v) is 6.07. The van der Waals surface area contributed by atoms with Crippen molar-refractivity contribution in [3.05, 3.63) is 21.3 Å². The summed E-state index contributed by atoms with van der Waals surface area (Å²) in [5.74, 6) is 0. The van der Waals surface area contributed by atoms with Crippen molar-refractivity contribution in [2.75, 3.05) is 0 Å². The van der Waals surface area contributed by atoms with Crippen LogP contribution in [-0.4, -0.2) is 11.2 Å². The van der Waals surface area contributed by atoms with E-state index >= 15 is 0 Å². The largest absolute Gasteiger partial charge is 0.392 e. The molecule has 1 unspecified atom stereocenters. The van der Waals surface area contributed by atoms with Crippen molar-refractivity contribution in [3.8, 4) is 0 Å². The first-order valence-electron chi connectivity index (χ1n) is 4.88. The van der Waals surface area contributed by atoms with Crippen LogP contribution in [0.1, 0.15) is 32.1 Å². The molecule has 0 aliphatic carbocycles. The van der Waals surface area contributed by atoms with Gasteiger partial charge in [-0.25, -0.2) is 0 Å². The number of hydrogen-bond acceptors (Lipinski definition) is 2. The van der Waals surface area contributed by atoms with Crippen LogP contribution >= 0.6 is 22.9 Å². The number of aliphatic hydroxyl groups is 1. The monoisotopic (exact) mass is 232 g/mol. The Bertz CT molecular complexity index is 293. The third-order valence-corrected chi connectivity index (χ3v) is 4.09. The van der Waals surface area contributed by atoms with E-state index in [2.05, 4.69) is 20.8 Å². The second kappa shape index (κ2) is 4.65. The molecule has 1 N–H and O–H groups in total. The van der Waals surface area contributed by atoms with Gasteiger partial charge in [0, 0.05) is 11.3 Å². The molecule has 0 aliphatic rings. The highest BCUT2D eigenvalue weighted by atomic mass is 35.5. The second-order valence-electron chi connectivity index (χ2n) is 4.27. The maximum atomic E-state index is 10.0. The molecular formula is C11H17ClOS. The smallest absolute Gasteiger partial charge is 0.0931 e. The molecule has 1 aromatic rings. The molecule has 1 aromatic heterocycles. The summed E-state index contributed by atoms with van der Waals surface area (Å²) in [4.78, 5) is 1.16. The van der Waals surface area contributed by atoms with Crippen LogP contribution in [0.3, 0.4) is 0 Å². The summed E-state index contributed by atoms with van der Waals surface area (Å²) in [7, 11) is 0. The zero-order valence-electron chi connectivity index (χ0n) is 8.88. The Morgan fingerprint density at radius 1 is 1.50 bits per heavy atom. The fourth-order valence-corrected chi connectivity index (χ4v) is 2.29. The van der Waals surface area contributed by atoms with Gasteiger partial charge in [0.05, 0.1) is 10.4 Å². The Hall–Kier alpha value is -0.0500. The van der Waals surface area contributed by atoms with Crippen molar-refractivity contribution in [3.63, 3.8) is 0 Å². The van der Waals surface area contributed by atoms with Gasteiger partial charge in [0.25, 0.3) is 0 Å². The standard InChI is InChI=1S/C11H17ClOS/c1-4-11(2,3)9(13)7-8-5-6-10(12)14-8/h5-6,9,13H,4,7H2,1-3H3. The van der Waals surface area contributed by atoms with Gasteiger partial charge in [0.2, 0.25) is 0 Å². The van der Waals surface area contributed by atoms with Gasteiger partial charge in [0.15, 0.2) is 0 Å². The maximum Gasteiger partial charge on any atom is 0.0931 e. The summed E-state index contributed by atoms with van der Waals surface area (Å²) in [5.41, 5.74) is -0.0174. The molecule has 0 fully saturated rings. The highest BCUT2D eigenvalue weighted by Crippen LogP contribution is 2.30. The molecule has 1 atom stereocenters. The molecule has 0 radical (unpaired) electrons. The molecular weight excluding hydrogens is 216 g/mol. The number of thiophene rings is 1. The normalized spacial score (nSPS) is 14.4. The molecule has 0 spiro atoms. The molecule has 0 saturated carbocycles. The van der Waals surface area contributed by atoms with Crippen LogP contribution in [0.4, 0.5) is 0 Å². The van der Waals surface area contributed by atoms with Crippen molar-refractivity contribution >= 4 is 22.9 Å². The van der Waals surface area contributed by atoms with Crippen LogP contribution in [0, 0.1) is 5.41 Å². The molecule has 0 aromatic carbocycles. The van der Waals surface area contributed by atoms with Gasteiger partial charge >= 0.3 is 0 Å². The lowest BCUT2D eigenvalue weighted by molar-refractivity contribution is 0.0486. The van der Waals surface area contributed by atoms with E-state index in [-0.39, 0.29) is 11.5 Å². The van der Waals surface area contributed by atoms with E-state index in [4.69, 9.17) is 11.6 Å². The molecule has 80 valence electrons. The summed E-state index contributed by atoms with van der Waals surface area (Å²) in [5, 5.41) is 10.0. The average molecular weight is 233 g/mol.